The van der Waals surface area contributed by atoms with Crippen LogP contribution < -0.4 is 10.1 Å². The molecule has 4 rings (SSSR count). The number of hydrogen-bond donors (Lipinski definition) is 1. The van der Waals surface area contributed by atoms with Crippen molar-refractivity contribution in [3.05, 3.63) is 78.4 Å². The van der Waals surface area contributed by atoms with Crippen LogP contribution in [0.3, 0.4) is 0 Å². The summed E-state index contributed by atoms with van der Waals surface area (Å²) in [5, 5.41) is 3.51. The minimum atomic E-state index is 0.307. The summed E-state index contributed by atoms with van der Waals surface area (Å²) in [6, 6.07) is 14.9. The highest BCUT2D eigenvalue weighted by atomic mass is 16.5. The highest BCUT2D eigenvalue weighted by Gasteiger charge is 2.25. The van der Waals surface area contributed by atoms with E-state index in [-0.39, 0.29) is 0 Å². The normalized spacial score (nSPS) is 17.6. The van der Waals surface area contributed by atoms with E-state index in [0.717, 1.165) is 37.5 Å². The number of piperazine rings is 1. The molecule has 3 aromatic rings. The lowest BCUT2D eigenvalue weighted by molar-refractivity contribution is 0.152. The van der Waals surface area contributed by atoms with E-state index < -0.39 is 0 Å². The van der Waals surface area contributed by atoms with E-state index in [9.17, 15) is 0 Å². The Morgan fingerprint density at radius 3 is 2.74 bits per heavy atom. The number of methoxy groups -OCH3 is 1. The Kier molecular flexibility index (Phi) is 5.42. The van der Waals surface area contributed by atoms with E-state index in [1.54, 1.807) is 7.11 Å². The fraction of sp³-hybridized carbons (Fsp3) is 0.273. The number of rotatable bonds is 5. The molecule has 1 N–H and O–H groups in total. The molecule has 1 fully saturated rings. The summed E-state index contributed by atoms with van der Waals surface area (Å²) in [6.07, 6.45) is 7.45. The first-order chi connectivity index (χ1) is 13.3. The van der Waals surface area contributed by atoms with Gasteiger partial charge in [0.1, 0.15) is 5.75 Å². The molecule has 3 heterocycles. The SMILES string of the molecule is COc1ccc(-c2ccncc2)cc1CN1CCNCC1c1cccnc1. The van der Waals surface area contributed by atoms with Crippen LogP contribution in [0.1, 0.15) is 17.2 Å². The molecule has 27 heavy (non-hydrogen) atoms. The topological polar surface area (TPSA) is 50.3 Å². The Labute approximate surface area is 160 Å². The van der Waals surface area contributed by atoms with Gasteiger partial charge in [-0.2, -0.15) is 0 Å². The number of aromatic nitrogens is 2. The minimum absolute atomic E-state index is 0.307. The zero-order valence-electron chi connectivity index (χ0n) is 15.5. The van der Waals surface area contributed by atoms with E-state index in [1.165, 1.54) is 16.7 Å². The molecule has 0 radical (unpaired) electrons. The molecular weight excluding hydrogens is 336 g/mol. The van der Waals surface area contributed by atoms with Crippen molar-refractivity contribution in [1.29, 1.82) is 0 Å². The minimum Gasteiger partial charge on any atom is -0.496 e. The lowest BCUT2D eigenvalue weighted by atomic mass is 10.0. The largest absolute Gasteiger partial charge is 0.496 e. The van der Waals surface area contributed by atoms with Crippen LogP contribution in [-0.2, 0) is 6.54 Å². The summed E-state index contributed by atoms with van der Waals surface area (Å²) in [5.74, 6) is 0.927. The summed E-state index contributed by atoms with van der Waals surface area (Å²) in [7, 11) is 1.74. The van der Waals surface area contributed by atoms with Crippen molar-refractivity contribution in [1.82, 2.24) is 20.2 Å². The first-order valence-corrected chi connectivity index (χ1v) is 9.27. The number of hydrogen-bond acceptors (Lipinski definition) is 5. The van der Waals surface area contributed by atoms with Crippen LogP contribution in [0, 0.1) is 0 Å². The Bertz CT molecular complexity index is 870. The van der Waals surface area contributed by atoms with E-state index in [1.807, 2.05) is 43.0 Å². The van der Waals surface area contributed by atoms with Crippen molar-refractivity contribution >= 4 is 0 Å². The van der Waals surface area contributed by atoms with E-state index >= 15 is 0 Å². The lowest BCUT2D eigenvalue weighted by Crippen LogP contribution is -2.45. The second-order valence-electron chi connectivity index (χ2n) is 6.74. The molecule has 0 aliphatic carbocycles. The highest BCUT2D eigenvalue weighted by Crippen LogP contribution is 2.30. The third kappa shape index (κ3) is 3.99. The second kappa shape index (κ2) is 8.29. The molecule has 0 bridgehead atoms. The van der Waals surface area contributed by atoms with Gasteiger partial charge in [-0.1, -0.05) is 12.1 Å². The molecule has 1 unspecified atom stereocenters. The molecular formula is C22H24N4O. The van der Waals surface area contributed by atoms with Gasteiger partial charge >= 0.3 is 0 Å². The Balaban J connectivity index is 1.63. The van der Waals surface area contributed by atoms with Crippen LogP contribution in [0.4, 0.5) is 0 Å². The quantitative estimate of drug-likeness (QED) is 0.757. The number of nitrogens with one attached hydrogen (secondary N) is 1. The van der Waals surface area contributed by atoms with Crippen LogP contribution in [0.15, 0.2) is 67.3 Å². The molecule has 5 nitrogen and oxygen atoms in total. The van der Waals surface area contributed by atoms with Crippen LogP contribution in [0.5, 0.6) is 5.75 Å². The number of nitrogens with zero attached hydrogens (tertiary/aromatic N) is 3. The molecule has 1 aliphatic rings. The average molecular weight is 360 g/mol. The van der Waals surface area contributed by atoms with Crippen molar-refractivity contribution in [3.8, 4) is 16.9 Å². The lowest BCUT2D eigenvalue weighted by Gasteiger charge is -2.36. The summed E-state index contributed by atoms with van der Waals surface area (Å²) in [5.41, 5.74) is 4.79. The van der Waals surface area contributed by atoms with Crippen molar-refractivity contribution in [3.63, 3.8) is 0 Å². The molecule has 1 atom stereocenters. The second-order valence-corrected chi connectivity index (χ2v) is 6.74. The van der Waals surface area contributed by atoms with Gasteiger partial charge in [-0.25, -0.2) is 0 Å². The fourth-order valence-electron chi connectivity index (χ4n) is 3.68. The van der Waals surface area contributed by atoms with Gasteiger partial charge < -0.3 is 10.1 Å². The zero-order valence-corrected chi connectivity index (χ0v) is 15.5. The van der Waals surface area contributed by atoms with Crippen molar-refractivity contribution < 1.29 is 4.74 Å². The Morgan fingerprint density at radius 2 is 1.96 bits per heavy atom. The molecule has 1 aromatic carbocycles. The van der Waals surface area contributed by atoms with Gasteiger partial charge in [-0.05, 0) is 47.0 Å². The Morgan fingerprint density at radius 1 is 1.07 bits per heavy atom. The summed E-state index contributed by atoms with van der Waals surface area (Å²) >= 11 is 0. The van der Waals surface area contributed by atoms with Crippen LogP contribution in [0.25, 0.3) is 11.1 Å². The summed E-state index contributed by atoms with van der Waals surface area (Å²) in [6.45, 7) is 3.74. The number of ether oxygens (including phenoxy) is 1. The van der Waals surface area contributed by atoms with Gasteiger partial charge in [-0.15, -0.1) is 0 Å². The zero-order chi connectivity index (χ0) is 18.5. The van der Waals surface area contributed by atoms with Crippen molar-refractivity contribution in [2.45, 2.75) is 12.6 Å². The van der Waals surface area contributed by atoms with E-state index in [4.69, 9.17) is 4.74 Å². The smallest absolute Gasteiger partial charge is 0.123 e. The van der Waals surface area contributed by atoms with Crippen molar-refractivity contribution in [2.75, 3.05) is 26.7 Å². The van der Waals surface area contributed by atoms with E-state index in [2.05, 4.69) is 44.5 Å². The van der Waals surface area contributed by atoms with Gasteiger partial charge in [0.05, 0.1) is 7.11 Å². The van der Waals surface area contributed by atoms with Crippen LogP contribution >= 0.6 is 0 Å². The Hall–Kier alpha value is -2.76. The standard InChI is InChI=1S/C22H24N4O/c1-27-22-5-4-18(17-6-9-23-10-7-17)13-20(22)16-26-12-11-25-15-21(26)19-3-2-8-24-14-19/h2-10,13-14,21,25H,11-12,15-16H2,1H3. The summed E-state index contributed by atoms with van der Waals surface area (Å²) in [4.78, 5) is 10.9. The molecule has 0 amide bonds. The van der Waals surface area contributed by atoms with Crippen molar-refractivity contribution in [2.24, 2.45) is 0 Å². The first-order valence-electron chi connectivity index (χ1n) is 9.27. The van der Waals surface area contributed by atoms with Gasteiger partial charge in [0, 0.05) is 62.6 Å². The van der Waals surface area contributed by atoms with Gasteiger partial charge in [0.2, 0.25) is 0 Å². The number of pyridine rings is 2. The average Bonchev–Trinajstić information content (AvgIpc) is 2.75. The number of benzene rings is 1. The van der Waals surface area contributed by atoms with E-state index in [0.29, 0.717) is 6.04 Å². The molecule has 0 saturated carbocycles. The maximum Gasteiger partial charge on any atom is 0.123 e. The maximum atomic E-state index is 5.65. The predicted molar refractivity (Wildman–Crippen MR) is 106 cm³/mol. The molecule has 1 saturated heterocycles. The monoisotopic (exact) mass is 360 g/mol. The van der Waals surface area contributed by atoms with Gasteiger partial charge in [-0.3, -0.25) is 14.9 Å². The van der Waals surface area contributed by atoms with Crippen LogP contribution in [-0.4, -0.2) is 41.6 Å². The molecule has 2 aromatic heterocycles. The maximum absolute atomic E-state index is 5.65. The van der Waals surface area contributed by atoms with Crippen LogP contribution in [0.2, 0.25) is 0 Å². The molecule has 1 aliphatic heterocycles. The molecule has 5 heteroatoms. The van der Waals surface area contributed by atoms with Gasteiger partial charge in [0.25, 0.3) is 0 Å². The predicted octanol–water partition coefficient (Wildman–Crippen LogP) is 3.30. The fourth-order valence-corrected chi connectivity index (χ4v) is 3.68. The third-order valence-corrected chi connectivity index (χ3v) is 5.09. The summed E-state index contributed by atoms with van der Waals surface area (Å²) < 4.78 is 5.65. The first kappa shape index (κ1) is 17.6. The highest BCUT2D eigenvalue weighted by molar-refractivity contribution is 5.65. The van der Waals surface area contributed by atoms with Gasteiger partial charge in [0.15, 0.2) is 0 Å². The molecule has 138 valence electrons. The molecule has 0 spiro atoms. The third-order valence-electron chi connectivity index (χ3n) is 5.09.